The summed E-state index contributed by atoms with van der Waals surface area (Å²) in [5.74, 6) is 1.44. The molecule has 0 spiro atoms. The molecule has 1 fully saturated rings. The van der Waals surface area contributed by atoms with E-state index in [-0.39, 0.29) is 12.1 Å². The van der Waals surface area contributed by atoms with Gasteiger partial charge in [-0.1, -0.05) is 11.6 Å². The Morgan fingerprint density at radius 3 is 3.00 bits per heavy atom. The summed E-state index contributed by atoms with van der Waals surface area (Å²) in [6, 6.07) is 1.98. The molecule has 0 aliphatic carbocycles. The highest BCUT2D eigenvalue weighted by Gasteiger charge is 2.22. The van der Waals surface area contributed by atoms with Crippen molar-refractivity contribution in [3.05, 3.63) is 17.0 Å². The number of halogens is 1. The Hall–Kier alpha value is -0.870. The van der Waals surface area contributed by atoms with E-state index in [2.05, 4.69) is 22.2 Å². The fourth-order valence-electron chi connectivity index (χ4n) is 1.93. The highest BCUT2D eigenvalue weighted by Crippen LogP contribution is 2.19. The van der Waals surface area contributed by atoms with Crippen LogP contribution in [0.15, 0.2) is 6.07 Å². The lowest BCUT2D eigenvalue weighted by molar-refractivity contribution is 0.0995. The molecule has 5 heteroatoms. The van der Waals surface area contributed by atoms with Crippen LogP contribution < -0.4 is 5.32 Å². The zero-order valence-corrected chi connectivity index (χ0v) is 10.3. The maximum absolute atomic E-state index is 5.87. The third-order valence-corrected chi connectivity index (χ3v) is 2.90. The van der Waals surface area contributed by atoms with Gasteiger partial charge in [0.1, 0.15) is 16.8 Å². The predicted molar refractivity (Wildman–Crippen MR) is 63.8 cm³/mol. The zero-order valence-electron chi connectivity index (χ0n) is 9.53. The first-order valence-corrected chi connectivity index (χ1v) is 5.92. The highest BCUT2D eigenvalue weighted by molar-refractivity contribution is 6.29. The molecular formula is C11H16ClN3O. The minimum atomic E-state index is 0.243. The number of hydrogen-bond donors (Lipinski definition) is 1. The van der Waals surface area contributed by atoms with Crippen LogP contribution in [0.3, 0.4) is 0 Å². The lowest BCUT2D eigenvalue weighted by atomic mass is 10.1. The molecule has 88 valence electrons. The van der Waals surface area contributed by atoms with Crippen LogP contribution in [0.2, 0.25) is 5.15 Å². The van der Waals surface area contributed by atoms with Gasteiger partial charge in [0.2, 0.25) is 0 Å². The number of hydrogen-bond acceptors (Lipinski definition) is 4. The summed E-state index contributed by atoms with van der Waals surface area (Å²) in [4.78, 5) is 8.31. The fraction of sp³-hybridized carbons (Fsp3) is 0.636. The summed E-state index contributed by atoms with van der Waals surface area (Å²) in [7, 11) is 0. The van der Waals surface area contributed by atoms with Gasteiger partial charge in [-0.15, -0.1) is 0 Å². The molecule has 16 heavy (non-hydrogen) atoms. The van der Waals surface area contributed by atoms with Crippen LogP contribution in [0.1, 0.15) is 25.6 Å². The van der Waals surface area contributed by atoms with Crippen LogP contribution in [0.25, 0.3) is 0 Å². The Kier molecular flexibility index (Phi) is 3.61. The molecule has 0 amide bonds. The van der Waals surface area contributed by atoms with Gasteiger partial charge < -0.3 is 10.1 Å². The Balaban J connectivity index is 2.02. The molecule has 2 rings (SSSR count). The molecular weight excluding hydrogens is 226 g/mol. The van der Waals surface area contributed by atoms with Crippen LogP contribution in [-0.4, -0.2) is 28.7 Å². The first-order valence-electron chi connectivity index (χ1n) is 5.54. The topological polar surface area (TPSA) is 47.0 Å². The predicted octanol–water partition coefficient (Wildman–Crippen LogP) is 2.42. The summed E-state index contributed by atoms with van der Waals surface area (Å²) in [6.45, 7) is 4.79. The van der Waals surface area contributed by atoms with Crippen LogP contribution >= 0.6 is 11.6 Å². The van der Waals surface area contributed by atoms with Gasteiger partial charge in [0.15, 0.2) is 0 Å². The summed E-state index contributed by atoms with van der Waals surface area (Å²) < 4.78 is 5.61. The summed E-state index contributed by atoms with van der Waals surface area (Å²) in [6.07, 6.45) is 2.51. The second-order valence-electron chi connectivity index (χ2n) is 4.11. The van der Waals surface area contributed by atoms with Crippen molar-refractivity contribution in [1.82, 2.24) is 9.97 Å². The Morgan fingerprint density at radius 1 is 1.56 bits per heavy atom. The van der Waals surface area contributed by atoms with Crippen molar-refractivity contribution in [2.75, 3.05) is 11.9 Å². The van der Waals surface area contributed by atoms with Gasteiger partial charge in [-0.25, -0.2) is 9.97 Å². The largest absolute Gasteiger partial charge is 0.376 e. The third-order valence-electron chi connectivity index (χ3n) is 2.70. The molecule has 2 unspecified atom stereocenters. The van der Waals surface area contributed by atoms with Crippen molar-refractivity contribution in [2.45, 2.75) is 38.8 Å². The minimum Gasteiger partial charge on any atom is -0.376 e. The Bertz CT molecular complexity index is 346. The Morgan fingerprint density at radius 2 is 2.38 bits per heavy atom. The molecule has 0 aromatic carbocycles. The molecule has 1 N–H and O–H groups in total. The number of ether oxygens (including phenoxy) is 1. The molecule has 0 radical (unpaired) electrons. The van der Waals surface area contributed by atoms with E-state index in [4.69, 9.17) is 16.3 Å². The molecule has 4 nitrogen and oxygen atoms in total. The molecule has 0 bridgehead atoms. The van der Waals surface area contributed by atoms with E-state index >= 15 is 0 Å². The van der Waals surface area contributed by atoms with E-state index in [1.165, 1.54) is 0 Å². The molecule has 1 saturated heterocycles. The fourth-order valence-corrected chi connectivity index (χ4v) is 2.15. The maximum atomic E-state index is 5.87. The smallest absolute Gasteiger partial charge is 0.134 e. The average molecular weight is 242 g/mol. The van der Waals surface area contributed by atoms with E-state index in [0.29, 0.717) is 11.0 Å². The molecule has 1 aliphatic heterocycles. The van der Waals surface area contributed by atoms with Crippen LogP contribution in [0, 0.1) is 6.92 Å². The lowest BCUT2D eigenvalue weighted by Crippen LogP contribution is -2.30. The van der Waals surface area contributed by atoms with Crippen molar-refractivity contribution in [3.8, 4) is 0 Å². The maximum Gasteiger partial charge on any atom is 0.134 e. The SMILES string of the molecule is Cc1nc(Cl)cc(NC(C)C2CCCO2)n1. The number of nitrogens with zero attached hydrogens (tertiary/aromatic N) is 2. The van der Waals surface area contributed by atoms with Crippen molar-refractivity contribution in [3.63, 3.8) is 0 Å². The Labute approximate surface area is 100 Å². The molecule has 2 heterocycles. The first kappa shape index (κ1) is 11.6. The normalized spacial score (nSPS) is 22.1. The van der Waals surface area contributed by atoms with Gasteiger partial charge in [0.25, 0.3) is 0 Å². The number of aromatic nitrogens is 2. The second kappa shape index (κ2) is 4.97. The van der Waals surface area contributed by atoms with Crippen molar-refractivity contribution in [2.24, 2.45) is 0 Å². The van der Waals surface area contributed by atoms with Crippen molar-refractivity contribution >= 4 is 17.4 Å². The average Bonchev–Trinajstić information content (AvgIpc) is 2.68. The number of anilines is 1. The molecule has 0 saturated carbocycles. The summed E-state index contributed by atoms with van der Waals surface area (Å²) in [5, 5.41) is 3.77. The molecule has 1 aromatic heterocycles. The van der Waals surface area contributed by atoms with Crippen LogP contribution in [0.4, 0.5) is 5.82 Å². The second-order valence-corrected chi connectivity index (χ2v) is 4.49. The quantitative estimate of drug-likeness (QED) is 0.826. The van der Waals surface area contributed by atoms with E-state index in [9.17, 15) is 0 Å². The van der Waals surface area contributed by atoms with E-state index in [1.807, 2.05) is 6.92 Å². The van der Waals surface area contributed by atoms with E-state index in [1.54, 1.807) is 6.07 Å². The van der Waals surface area contributed by atoms with Gasteiger partial charge in [0, 0.05) is 12.7 Å². The first-order chi connectivity index (χ1) is 7.65. The summed E-state index contributed by atoms with van der Waals surface area (Å²) >= 11 is 5.87. The zero-order chi connectivity index (χ0) is 11.5. The molecule has 1 aromatic rings. The number of aryl methyl sites for hydroxylation is 1. The van der Waals surface area contributed by atoms with Gasteiger partial charge in [0.05, 0.1) is 12.1 Å². The summed E-state index contributed by atoms with van der Waals surface area (Å²) in [5.41, 5.74) is 0. The highest BCUT2D eigenvalue weighted by atomic mass is 35.5. The number of rotatable bonds is 3. The van der Waals surface area contributed by atoms with Gasteiger partial charge >= 0.3 is 0 Å². The van der Waals surface area contributed by atoms with Gasteiger partial charge in [-0.3, -0.25) is 0 Å². The van der Waals surface area contributed by atoms with Crippen molar-refractivity contribution in [1.29, 1.82) is 0 Å². The van der Waals surface area contributed by atoms with Crippen LogP contribution in [-0.2, 0) is 4.74 Å². The van der Waals surface area contributed by atoms with E-state index < -0.39 is 0 Å². The molecule has 2 atom stereocenters. The molecule has 1 aliphatic rings. The third kappa shape index (κ3) is 2.83. The van der Waals surface area contributed by atoms with Gasteiger partial charge in [-0.2, -0.15) is 0 Å². The van der Waals surface area contributed by atoms with Crippen LogP contribution in [0.5, 0.6) is 0 Å². The standard InChI is InChI=1S/C11H16ClN3O/c1-7(9-4-3-5-16-9)13-11-6-10(12)14-8(2)15-11/h6-7,9H,3-5H2,1-2H3,(H,13,14,15). The minimum absolute atomic E-state index is 0.243. The number of nitrogens with one attached hydrogen (secondary N) is 1. The lowest BCUT2D eigenvalue weighted by Gasteiger charge is -2.20. The van der Waals surface area contributed by atoms with Gasteiger partial charge in [-0.05, 0) is 26.7 Å². The van der Waals surface area contributed by atoms with Crippen molar-refractivity contribution < 1.29 is 4.74 Å². The van der Waals surface area contributed by atoms with E-state index in [0.717, 1.165) is 25.3 Å². The monoisotopic (exact) mass is 241 g/mol.